The molecule has 0 saturated heterocycles. The molecule has 1 aromatic rings. The fraction of sp³-hybridized carbons (Fsp3) is 0.222. The lowest BCUT2D eigenvalue weighted by Crippen LogP contribution is -1.96. The van der Waals surface area contributed by atoms with Crippen LogP contribution in [0.3, 0.4) is 0 Å². The first-order chi connectivity index (χ1) is 6.15. The van der Waals surface area contributed by atoms with Crippen LogP contribution >= 0.6 is 0 Å². The molecule has 1 nitrogen and oxygen atoms in total. The number of benzene rings is 1. The van der Waals surface area contributed by atoms with E-state index in [4.69, 9.17) is 0 Å². The molecule has 0 aliphatic heterocycles. The molecule has 0 heterocycles. The van der Waals surface area contributed by atoms with E-state index in [1.165, 1.54) is 0 Å². The fourth-order valence-corrected chi connectivity index (χ4v) is 1.01. The largest absolute Gasteiger partial charge is 0.303 e. The SMILES string of the molecule is O=CCCc1cc(F)cc(F)c1F. The van der Waals surface area contributed by atoms with E-state index in [1.54, 1.807) is 0 Å². The Morgan fingerprint density at radius 1 is 1.23 bits per heavy atom. The van der Waals surface area contributed by atoms with Gasteiger partial charge in [-0.25, -0.2) is 13.2 Å². The molecule has 0 unspecified atom stereocenters. The Morgan fingerprint density at radius 2 is 1.92 bits per heavy atom. The highest BCUT2D eigenvalue weighted by Gasteiger charge is 2.09. The molecule has 0 bridgehead atoms. The molecule has 0 aliphatic carbocycles. The van der Waals surface area contributed by atoms with Gasteiger partial charge in [-0.2, -0.15) is 0 Å². The van der Waals surface area contributed by atoms with Gasteiger partial charge in [-0.15, -0.1) is 0 Å². The number of rotatable bonds is 3. The Balaban J connectivity index is 2.98. The fourth-order valence-electron chi connectivity index (χ4n) is 1.01. The summed E-state index contributed by atoms with van der Waals surface area (Å²) in [6, 6.07) is 1.36. The lowest BCUT2D eigenvalue weighted by Gasteiger charge is -2.01. The maximum atomic E-state index is 12.8. The third kappa shape index (κ3) is 2.31. The van der Waals surface area contributed by atoms with E-state index in [1.807, 2.05) is 0 Å². The number of hydrogen-bond acceptors (Lipinski definition) is 1. The molecule has 1 rings (SSSR count). The van der Waals surface area contributed by atoms with E-state index >= 15 is 0 Å². The van der Waals surface area contributed by atoms with Gasteiger partial charge in [0.2, 0.25) is 0 Å². The minimum absolute atomic E-state index is 0.0179. The third-order valence-corrected chi connectivity index (χ3v) is 1.60. The highest BCUT2D eigenvalue weighted by Crippen LogP contribution is 2.15. The van der Waals surface area contributed by atoms with E-state index < -0.39 is 17.5 Å². The molecular formula is C9H7F3O. The number of hydrogen-bond donors (Lipinski definition) is 0. The predicted octanol–water partition coefficient (Wildman–Crippen LogP) is 2.24. The zero-order chi connectivity index (χ0) is 9.84. The standard InChI is InChI=1S/C9H7F3O/c10-7-4-6(2-1-3-13)9(12)8(11)5-7/h3-5H,1-2H2. The highest BCUT2D eigenvalue weighted by molar-refractivity contribution is 5.50. The summed E-state index contributed by atoms with van der Waals surface area (Å²) in [7, 11) is 0. The Bertz CT molecular complexity index is 323. The molecule has 0 aliphatic rings. The molecule has 0 N–H and O–H groups in total. The monoisotopic (exact) mass is 188 g/mol. The zero-order valence-electron chi connectivity index (χ0n) is 6.69. The minimum Gasteiger partial charge on any atom is -0.303 e. The highest BCUT2D eigenvalue weighted by atomic mass is 19.2. The maximum Gasteiger partial charge on any atom is 0.162 e. The molecule has 0 aromatic heterocycles. The van der Waals surface area contributed by atoms with Crippen LogP contribution in [0.2, 0.25) is 0 Å². The van der Waals surface area contributed by atoms with Gasteiger partial charge in [0.1, 0.15) is 12.1 Å². The smallest absolute Gasteiger partial charge is 0.162 e. The van der Waals surface area contributed by atoms with Crippen molar-refractivity contribution in [3.8, 4) is 0 Å². The van der Waals surface area contributed by atoms with Crippen molar-refractivity contribution in [3.05, 3.63) is 35.1 Å². The summed E-state index contributed by atoms with van der Waals surface area (Å²) in [5.41, 5.74) is -0.107. The van der Waals surface area contributed by atoms with Gasteiger partial charge in [0.25, 0.3) is 0 Å². The van der Waals surface area contributed by atoms with Gasteiger partial charge in [-0.1, -0.05) is 0 Å². The average molecular weight is 188 g/mol. The van der Waals surface area contributed by atoms with Gasteiger partial charge < -0.3 is 4.79 Å². The Kier molecular flexibility index (Phi) is 3.06. The molecule has 1 aromatic carbocycles. The van der Waals surface area contributed by atoms with Crippen LogP contribution in [-0.4, -0.2) is 6.29 Å². The molecule has 0 amide bonds. The number of aryl methyl sites for hydroxylation is 1. The van der Waals surface area contributed by atoms with E-state index in [-0.39, 0.29) is 18.4 Å². The Morgan fingerprint density at radius 3 is 2.54 bits per heavy atom. The van der Waals surface area contributed by atoms with Crippen molar-refractivity contribution in [3.63, 3.8) is 0 Å². The van der Waals surface area contributed by atoms with Gasteiger partial charge in [-0.05, 0) is 18.1 Å². The molecular weight excluding hydrogens is 181 g/mol. The van der Waals surface area contributed by atoms with E-state index in [0.717, 1.165) is 6.07 Å². The van der Waals surface area contributed by atoms with Crippen LogP contribution in [0.15, 0.2) is 12.1 Å². The van der Waals surface area contributed by atoms with E-state index in [2.05, 4.69) is 0 Å². The van der Waals surface area contributed by atoms with Gasteiger partial charge in [0.15, 0.2) is 11.6 Å². The lowest BCUT2D eigenvalue weighted by molar-refractivity contribution is -0.107. The van der Waals surface area contributed by atoms with Crippen LogP contribution in [0.1, 0.15) is 12.0 Å². The van der Waals surface area contributed by atoms with Crippen molar-refractivity contribution in [2.24, 2.45) is 0 Å². The van der Waals surface area contributed by atoms with Crippen LogP contribution in [0, 0.1) is 17.5 Å². The van der Waals surface area contributed by atoms with Crippen molar-refractivity contribution < 1.29 is 18.0 Å². The maximum absolute atomic E-state index is 12.8. The second-order valence-corrected chi connectivity index (χ2v) is 2.57. The van der Waals surface area contributed by atoms with Crippen LogP contribution < -0.4 is 0 Å². The topological polar surface area (TPSA) is 17.1 Å². The molecule has 13 heavy (non-hydrogen) atoms. The van der Waals surface area contributed by atoms with Gasteiger partial charge >= 0.3 is 0 Å². The number of halogens is 3. The van der Waals surface area contributed by atoms with Gasteiger partial charge in [0.05, 0.1) is 0 Å². The van der Waals surface area contributed by atoms with Crippen molar-refractivity contribution in [1.29, 1.82) is 0 Å². The summed E-state index contributed by atoms with van der Waals surface area (Å²) in [6.07, 6.45) is 0.645. The molecule has 0 saturated carbocycles. The zero-order valence-corrected chi connectivity index (χ0v) is 6.69. The number of carbonyl (C=O) groups is 1. The second kappa shape index (κ2) is 4.07. The molecule has 0 radical (unpaired) electrons. The Hall–Kier alpha value is -1.32. The summed E-state index contributed by atoms with van der Waals surface area (Å²) in [5, 5.41) is 0. The van der Waals surface area contributed by atoms with Crippen molar-refractivity contribution >= 4 is 6.29 Å². The van der Waals surface area contributed by atoms with Crippen molar-refractivity contribution in [1.82, 2.24) is 0 Å². The second-order valence-electron chi connectivity index (χ2n) is 2.57. The number of carbonyl (C=O) groups excluding carboxylic acids is 1. The summed E-state index contributed by atoms with van der Waals surface area (Å²) < 4.78 is 38.0. The van der Waals surface area contributed by atoms with Crippen molar-refractivity contribution in [2.45, 2.75) is 12.8 Å². The van der Waals surface area contributed by atoms with Crippen LogP contribution in [0.5, 0.6) is 0 Å². The van der Waals surface area contributed by atoms with Gasteiger partial charge in [-0.3, -0.25) is 0 Å². The third-order valence-electron chi connectivity index (χ3n) is 1.60. The van der Waals surface area contributed by atoms with E-state index in [0.29, 0.717) is 12.4 Å². The predicted molar refractivity (Wildman–Crippen MR) is 40.7 cm³/mol. The van der Waals surface area contributed by atoms with Crippen LogP contribution in [0.4, 0.5) is 13.2 Å². The van der Waals surface area contributed by atoms with E-state index in [9.17, 15) is 18.0 Å². The normalized spacial score (nSPS) is 10.1. The molecule has 4 heteroatoms. The van der Waals surface area contributed by atoms with Crippen LogP contribution in [-0.2, 0) is 11.2 Å². The quantitative estimate of drug-likeness (QED) is 0.525. The van der Waals surface area contributed by atoms with Crippen molar-refractivity contribution in [2.75, 3.05) is 0 Å². The summed E-state index contributed by atoms with van der Waals surface area (Å²) in [6.45, 7) is 0. The van der Waals surface area contributed by atoms with Gasteiger partial charge in [0, 0.05) is 12.5 Å². The lowest BCUT2D eigenvalue weighted by atomic mass is 10.1. The molecule has 0 spiro atoms. The average Bonchev–Trinajstić information content (AvgIpc) is 2.09. The molecule has 0 fully saturated rings. The number of aldehydes is 1. The first-order valence-electron chi connectivity index (χ1n) is 3.72. The summed E-state index contributed by atoms with van der Waals surface area (Å²) in [4.78, 5) is 9.95. The summed E-state index contributed by atoms with van der Waals surface area (Å²) in [5.74, 6) is -3.14. The Labute approximate surface area is 73.2 Å². The first-order valence-corrected chi connectivity index (χ1v) is 3.72. The summed E-state index contributed by atoms with van der Waals surface area (Å²) >= 11 is 0. The first kappa shape index (κ1) is 9.77. The molecule has 0 atom stereocenters. The molecule has 70 valence electrons. The van der Waals surface area contributed by atoms with Crippen LogP contribution in [0.25, 0.3) is 0 Å². The minimum atomic E-state index is -1.22.